The number of carbonyl (C=O) groups excluding carboxylic acids is 1. The first-order chi connectivity index (χ1) is 13.2. The lowest BCUT2D eigenvalue weighted by atomic mass is 10.1. The fourth-order valence-electron chi connectivity index (χ4n) is 3.76. The third-order valence-corrected chi connectivity index (χ3v) is 5.76. The monoisotopic (exact) mass is 364 g/mol. The molecule has 2 atom stereocenters. The van der Waals surface area contributed by atoms with E-state index < -0.39 is 0 Å². The number of amides is 1. The van der Waals surface area contributed by atoms with Gasteiger partial charge in [0.25, 0.3) is 0 Å². The molecule has 2 fully saturated rings. The Bertz CT molecular complexity index is 788. The van der Waals surface area contributed by atoms with Crippen LogP contribution in [0.2, 0.25) is 0 Å². The molecule has 27 heavy (non-hydrogen) atoms. The summed E-state index contributed by atoms with van der Waals surface area (Å²) in [6.45, 7) is 6.76. The molecule has 1 aliphatic heterocycles. The van der Waals surface area contributed by atoms with Crippen molar-refractivity contribution in [1.29, 1.82) is 0 Å². The van der Waals surface area contributed by atoms with Crippen LogP contribution in [-0.4, -0.2) is 48.4 Å². The molecule has 2 heterocycles. The van der Waals surface area contributed by atoms with Crippen molar-refractivity contribution in [2.75, 3.05) is 32.7 Å². The molecule has 4 nitrogen and oxygen atoms in total. The van der Waals surface area contributed by atoms with Gasteiger partial charge in [-0.05, 0) is 42.5 Å². The van der Waals surface area contributed by atoms with Crippen molar-refractivity contribution in [3.63, 3.8) is 0 Å². The van der Waals surface area contributed by atoms with Gasteiger partial charge in [-0.25, -0.2) is 0 Å². The van der Waals surface area contributed by atoms with E-state index in [0.717, 1.165) is 56.6 Å². The number of hydrogen-bond donors (Lipinski definition) is 0. The second-order valence-electron chi connectivity index (χ2n) is 7.80. The molecule has 1 saturated heterocycles. The summed E-state index contributed by atoms with van der Waals surface area (Å²) >= 11 is 0. The smallest absolute Gasteiger partial charge is 0.246 e. The molecule has 1 aromatic heterocycles. The third-order valence-electron chi connectivity index (χ3n) is 5.76. The first kappa shape index (κ1) is 18.1. The van der Waals surface area contributed by atoms with Gasteiger partial charge in [0.1, 0.15) is 11.5 Å². The van der Waals surface area contributed by atoms with Crippen molar-refractivity contribution < 1.29 is 9.21 Å². The van der Waals surface area contributed by atoms with Gasteiger partial charge in [-0.2, -0.15) is 0 Å². The minimum absolute atomic E-state index is 0.0791. The van der Waals surface area contributed by atoms with Crippen LogP contribution >= 0.6 is 0 Å². The maximum atomic E-state index is 12.4. The molecule has 4 heteroatoms. The van der Waals surface area contributed by atoms with E-state index in [2.05, 4.69) is 42.2 Å². The Balaban J connectivity index is 1.22. The maximum absolute atomic E-state index is 12.4. The summed E-state index contributed by atoms with van der Waals surface area (Å²) in [6, 6.07) is 14.6. The SMILES string of the molecule is CC1CC1c1ccc(/C=C/C(=O)N2CCN(CCc3ccccc3)CC2)o1. The lowest BCUT2D eigenvalue weighted by molar-refractivity contribution is -0.127. The van der Waals surface area contributed by atoms with Crippen molar-refractivity contribution in [2.45, 2.75) is 25.7 Å². The first-order valence-corrected chi connectivity index (χ1v) is 10.0. The number of hydrogen-bond acceptors (Lipinski definition) is 3. The summed E-state index contributed by atoms with van der Waals surface area (Å²) in [6.07, 6.45) is 5.73. The topological polar surface area (TPSA) is 36.7 Å². The van der Waals surface area contributed by atoms with Gasteiger partial charge >= 0.3 is 0 Å². The number of piperazine rings is 1. The summed E-state index contributed by atoms with van der Waals surface area (Å²) < 4.78 is 5.84. The van der Waals surface area contributed by atoms with E-state index in [-0.39, 0.29) is 5.91 Å². The highest BCUT2D eigenvalue weighted by molar-refractivity contribution is 5.91. The van der Waals surface area contributed by atoms with Gasteiger partial charge in [0, 0.05) is 44.7 Å². The maximum Gasteiger partial charge on any atom is 0.246 e. The summed E-state index contributed by atoms with van der Waals surface area (Å²) in [5.74, 6) is 3.22. The van der Waals surface area contributed by atoms with E-state index >= 15 is 0 Å². The predicted molar refractivity (Wildman–Crippen MR) is 107 cm³/mol. The second-order valence-corrected chi connectivity index (χ2v) is 7.80. The number of benzene rings is 1. The highest BCUT2D eigenvalue weighted by Crippen LogP contribution is 2.47. The fourth-order valence-corrected chi connectivity index (χ4v) is 3.76. The van der Waals surface area contributed by atoms with Gasteiger partial charge in [-0.3, -0.25) is 9.69 Å². The van der Waals surface area contributed by atoms with Crippen molar-refractivity contribution in [3.8, 4) is 0 Å². The van der Waals surface area contributed by atoms with Gasteiger partial charge < -0.3 is 9.32 Å². The first-order valence-electron chi connectivity index (χ1n) is 10.0. The zero-order valence-corrected chi connectivity index (χ0v) is 16.0. The second kappa shape index (κ2) is 8.13. The normalized spacial score (nSPS) is 23.1. The average Bonchev–Trinajstić information content (AvgIpc) is 3.25. The molecular weight excluding hydrogens is 336 g/mol. The zero-order chi connectivity index (χ0) is 18.6. The van der Waals surface area contributed by atoms with Crippen molar-refractivity contribution in [2.24, 2.45) is 5.92 Å². The molecule has 0 N–H and O–H groups in total. The van der Waals surface area contributed by atoms with Crippen LogP contribution in [0.1, 0.15) is 36.3 Å². The number of furan rings is 1. The van der Waals surface area contributed by atoms with Crippen LogP contribution in [-0.2, 0) is 11.2 Å². The number of nitrogens with zero attached hydrogens (tertiary/aromatic N) is 2. The molecule has 1 amide bonds. The van der Waals surface area contributed by atoms with E-state index in [1.54, 1.807) is 12.2 Å². The molecule has 0 spiro atoms. The van der Waals surface area contributed by atoms with Crippen LogP contribution in [0.15, 0.2) is 53.0 Å². The van der Waals surface area contributed by atoms with E-state index in [4.69, 9.17) is 4.42 Å². The third kappa shape index (κ3) is 4.69. The van der Waals surface area contributed by atoms with Crippen molar-refractivity contribution in [3.05, 3.63) is 65.6 Å². The molecule has 1 saturated carbocycles. The number of carbonyl (C=O) groups is 1. The van der Waals surface area contributed by atoms with E-state index in [1.807, 2.05) is 17.0 Å². The summed E-state index contributed by atoms with van der Waals surface area (Å²) in [4.78, 5) is 16.8. The Kier molecular flexibility index (Phi) is 5.44. The Morgan fingerprint density at radius 3 is 2.56 bits per heavy atom. The molecule has 1 aromatic carbocycles. The largest absolute Gasteiger partial charge is 0.461 e. The van der Waals surface area contributed by atoms with Gasteiger partial charge in [0.15, 0.2) is 0 Å². The molecule has 1 aliphatic carbocycles. The standard InChI is InChI=1S/C23H28N2O2/c1-18-17-21(18)22-9-7-20(27-22)8-10-23(26)25-15-13-24(14-16-25)12-11-19-5-3-2-4-6-19/h2-10,18,21H,11-17H2,1H3/b10-8+. The Morgan fingerprint density at radius 2 is 1.85 bits per heavy atom. The summed E-state index contributed by atoms with van der Waals surface area (Å²) in [7, 11) is 0. The summed E-state index contributed by atoms with van der Waals surface area (Å²) in [5, 5.41) is 0. The predicted octanol–water partition coefficient (Wildman–Crippen LogP) is 3.80. The zero-order valence-electron chi connectivity index (χ0n) is 16.0. The van der Waals surface area contributed by atoms with Crippen molar-refractivity contribution in [1.82, 2.24) is 9.80 Å². The lowest BCUT2D eigenvalue weighted by Gasteiger charge is -2.34. The van der Waals surface area contributed by atoms with Crippen LogP contribution < -0.4 is 0 Å². The molecule has 0 bridgehead atoms. The highest BCUT2D eigenvalue weighted by Gasteiger charge is 2.36. The van der Waals surface area contributed by atoms with Crippen LogP contribution in [0.25, 0.3) is 6.08 Å². The fraction of sp³-hybridized carbons (Fsp3) is 0.435. The van der Waals surface area contributed by atoms with Gasteiger partial charge in [-0.1, -0.05) is 37.3 Å². The van der Waals surface area contributed by atoms with E-state index in [1.165, 1.54) is 12.0 Å². The van der Waals surface area contributed by atoms with Crippen LogP contribution in [0.4, 0.5) is 0 Å². The van der Waals surface area contributed by atoms with Crippen molar-refractivity contribution >= 4 is 12.0 Å². The molecular formula is C23H28N2O2. The van der Waals surface area contributed by atoms with Gasteiger partial charge in [0.05, 0.1) is 0 Å². The van der Waals surface area contributed by atoms with Crippen LogP contribution in [0.5, 0.6) is 0 Å². The molecule has 2 aliphatic rings. The van der Waals surface area contributed by atoms with Gasteiger partial charge in [0.2, 0.25) is 5.91 Å². The molecule has 4 rings (SSSR count). The summed E-state index contributed by atoms with van der Waals surface area (Å²) in [5.41, 5.74) is 1.37. The quantitative estimate of drug-likeness (QED) is 0.732. The van der Waals surface area contributed by atoms with Crippen LogP contribution in [0.3, 0.4) is 0 Å². The average molecular weight is 364 g/mol. The minimum Gasteiger partial charge on any atom is -0.461 e. The lowest BCUT2D eigenvalue weighted by Crippen LogP contribution is -2.48. The molecule has 2 aromatic rings. The minimum atomic E-state index is 0.0791. The molecule has 142 valence electrons. The molecule has 2 unspecified atom stereocenters. The Hall–Kier alpha value is -2.33. The van der Waals surface area contributed by atoms with E-state index in [9.17, 15) is 4.79 Å². The molecule has 0 radical (unpaired) electrons. The Labute approximate surface area is 161 Å². The Morgan fingerprint density at radius 1 is 1.11 bits per heavy atom. The van der Waals surface area contributed by atoms with E-state index in [0.29, 0.717) is 5.92 Å². The van der Waals surface area contributed by atoms with Crippen LogP contribution in [0, 0.1) is 5.92 Å². The highest BCUT2D eigenvalue weighted by atomic mass is 16.3. The van der Waals surface area contributed by atoms with Gasteiger partial charge in [-0.15, -0.1) is 0 Å². The number of rotatable bonds is 6.